The van der Waals surface area contributed by atoms with Crippen LogP contribution in [-0.4, -0.2) is 27.1 Å². The Kier molecular flexibility index (Phi) is 3.82. The molecular weight excluding hydrogens is 266 g/mol. The number of hydrogen-bond acceptors (Lipinski definition) is 4. The Morgan fingerprint density at radius 2 is 1.89 bits per heavy atom. The summed E-state index contributed by atoms with van der Waals surface area (Å²) in [5.41, 5.74) is 0.646. The first-order valence-corrected chi connectivity index (χ1v) is 6.09. The molecule has 1 aromatic heterocycles. The number of carboxylic acid groups (broad SMARTS) is 2. The molecule has 1 aromatic carbocycles. The maximum atomic E-state index is 11.0. The molecule has 0 radical (unpaired) electrons. The van der Waals surface area contributed by atoms with E-state index in [9.17, 15) is 9.59 Å². The molecule has 96 valence electrons. The van der Waals surface area contributed by atoms with Crippen LogP contribution in [0.15, 0.2) is 52.4 Å². The van der Waals surface area contributed by atoms with Crippen LogP contribution >= 0.6 is 11.8 Å². The number of hydrogen-bond donors (Lipinski definition) is 2. The third-order valence-electron chi connectivity index (χ3n) is 2.28. The van der Waals surface area contributed by atoms with Gasteiger partial charge in [-0.1, -0.05) is 30.0 Å². The van der Waals surface area contributed by atoms with E-state index in [0.29, 0.717) is 16.5 Å². The summed E-state index contributed by atoms with van der Waals surface area (Å²) < 4.78 is 0. The van der Waals surface area contributed by atoms with Gasteiger partial charge in [-0.2, -0.15) is 0 Å². The minimum absolute atomic E-state index is 0.259. The van der Waals surface area contributed by atoms with Gasteiger partial charge in [0, 0.05) is 22.6 Å². The van der Waals surface area contributed by atoms with Crippen LogP contribution in [-0.2, 0) is 9.59 Å². The summed E-state index contributed by atoms with van der Waals surface area (Å²) in [4.78, 5) is 26.1. The second-order valence-corrected chi connectivity index (χ2v) is 4.67. The predicted molar refractivity (Wildman–Crippen MR) is 71.0 cm³/mol. The van der Waals surface area contributed by atoms with Crippen molar-refractivity contribution in [1.29, 1.82) is 0 Å². The summed E-state index contributed by atoms with van der Waals surface area (Å²) >= 11 is 0.873. The number of aliphatic carboxylic acids is 2. The highest BCUT2D eigenvalue weighted by Crippen LogP contribution is 2.31. The summed E-state index contributed by atoms with van der Waals surface area (Å²) in [6.45, 7) is 0. The van der Waals surface area contributed by atoms with Crippen LogP contribution in [0.3, 0.4) is 0 Å². The zero-order valence-electron chi connectivity index (χ0n) is 9.61. The van der Waals surface area contributed by atoms with Crippen LogP contribution in [0, 0.1) is 0 Å². The molecule has 6 heteroatoms. The topological polar surface area (TPSA) is 87.5 Å². The molecule has 5 nitrogen and oxygen atoms in total. The summed E-state index contributed by atoms with van der Waals surface area (Å²) in [6.07, 6.45) is 2.28. The van der Waals surface area contributed by atoms with Gasteiger partial charge in [-0.05, 0) is 12.1 Å². The number of pyridine rings is 1. The Labute approximate surface area is 112 Å². The van der Waals surface area contributed by atoms with Crippen molar-refractivity contribution in [2.45, 2.75) is 4.90 Å². The molecule has 2 N–H and O–H groups in total. The molecule has 2 rings (SSSR count). The highest BCUT2D eigenvalue weighted by Gasteiger charge is 2.13. The molecule has 0 spiro atoms. The molecule has 0 bridgehead atoms. The van der Waals surface area contributed by atoms with E-state index < -0.39 is 11.9 Å². The first-order chi connectivity index (χ1) is 9.08. The predicted octanol–water partition coefficient (Wildman–Crippen LogP) is 2.38. The summed E-state index contributed by atoms with van der Waals surface area (Å²) in [5.74, 6) is -2.57. The number of aromatic nitrogens is 1. The van der Waals surface area contributed by atoms with Crippen LogP contribution in [0.2, 0.25) is 0 Å². The van der Waals surface area contributed by atoms with Crippen molar-refractivity contribution in [3.05, 3.63) is 47.5 Å². The van der Waals surface area contributed by atoms with Crippen LogP contribution in [0.25, 0.3) is 10.9 Å². The first kappa shape index (κ1) is 13.1. The fourth-order valence-electron chi connectivity index (χ4n) is 1.52. The summed E-state index contributed by atoms with van der Waals surface area (Å²) in [6, 6.07) is 8.97. The highest BCUT2D eigenvalue weighted by molar-refractivity contribution is 8.04. The molecule has 0 fully saturated rings. The number of carboxylic acids is 2. The third-order valence-corrected chi connectivity index (χ3v) is 3.34. The highest BCUT2D eigenvalue weighted by atomic mass is 32.2. The third kappa shape index (κ3) is 3.11. The molecule has 1 heterocycles. The second kappa shape index (κ2) is 5.53. The summed E-state index contributed by atoms with van der Waals surface area (Å²) in [7, 11) is 0. The fourth-order valence-corrected chi connectivity index (χ4v) is 2.42. The van der Waals surface area contributed by atoms with E-state index in [0.717, 1.165) is 17.1 Å². The molecule has 2 aromatic rings. The van der Waals surface area contributed by atoms with Gasteiger partial charge in [0.15, 0.2) is 0 Å². The molecular formula is C13H9NO4S. The van der Waals surface area contributed by atoms with Gasteiger partial charge >= 0.3 is 11.9 Å². The van der Waals surface area contributed by atoms with E-state index in [-0.39, 0.29) is 4.91 Å². The smallest absolute Gasteiger partial charge is 0.342 e. The van der Waals surface area contributed by atoms with Crippen LogP contribution in [0.1, 0.15) is 0 Å². The number of rotatable bonds is 4. The normalized spacial score (nSPS) is 11.5. The van der Waals surface area contributed by atoms with E-state index in [1.807, 2.05) is 12.1 Å². The van der Waals surface area contributed by atoms with Crippen LogP contribution < -0.4 is 0 Å². The lowest BCUT2D eigenvalue weighted by Gasteiger charge is -2.05. The van der Waals surface area contributed by atoms with Crippen molar-refractivity contribution in [3.8, 4) is 0 Å². The number of fused-ring (bicyclic) bond motifs is 1. The van der Waals surface area contributed by atoms with Gasteiger partial charge in [0.2, 0.25) is 0 Å². The molecule has 19 heavy (non-hydrogen) atoms. The minimum atomic E-state index is -1.29. The summed E-state index contributed by atoms with van der Waals surface area (Å²) in [5, 5.41) is 18.5. The molecule has 0 aliphatic rings. The van der Waals surface area contributed by atoms with E-state index in [4.69, 9.17) is 10.2 Å². The molecule has 0 amide bonds. The molecule has 0 unspecified atom stereocenters. The van der Waals surface area contributed by atoms with Gasteiger partial charge in [-0.15, -0.1) is 0 Å². The van der Waals surface area contributed by atoms with Gasteiger partial charge in [0.25, 0.3) is 0 Å². The standard InChI is InChI=1S/C13H9NO4S/c15-11(16)7-10(13(17)18)19-9-5-1-3-8-4-2-6-14-12(8)9/h1-7H,(H,15,16)(H,17,18). The van der Waals surface area contributed by atoms with Crippen molar-refractivity contribution in [2.75, 3.05) is 0 Å². The van der Waals surface area contributed by atoms with Crippen molar-refractivity contribution < 1.29 is 19.8 Å². The van der Waals surface area contributed by atoms with Crippen LogP contribution in [0.4, 0.5) is 0 Å². The lowest BCUT2D eigenvalue weighted by Crippen LogP contribution is -2.01. The van der Waals surface area contributed by atoms with E-state index >= 15 is 0 Å². The maximum Gasteiger partial charge on any atom is 0.342 e. The van der Waals surface area contributed by atoms with Crippen LogP contribution in [0.5, 0.6) is 0 Å². The van der Waals surface area contributed by atoms with Gasteiger partial charge in [-0.25, -0.2) is 9.59 Å². The number of carbonyl (C=O) groups is 2. The average molecular weight is 275 g/mol. The van der Waals surface area contributed by atoms with Crippen molar-refractivity contribution >= 4 is 34.6 Å². The Bertz CT molecular complexity index is 676. The monoisotopic (exact) mass is 275 g/mol. The maximum absolute atomic E-state index is 11.0. The van der Waals surface area contributed by atoms with Crippen molar-refractivity contribution in [2.24, 2.45) is 0 Å². The zero-order chi connectivity index (χ0) is 13.8. The quantitative estimate of drug-likeness (QED) is 0.658. The van der Waals surface area contributed by atoms with Gasteiger partial charge < -0.3 is 10.2 Å². The number of benzene rings is 1. The molecule has 0 aliphatic heterocycles. The Morgan fingerprint density at radius 3 is 2.58 bits per heavy atom. The zero-order valence-corrected chi connectivity index (χ0v) is 10.4. The largest absolute Gasteiger partial charge is 0.478 e. The van der Waals surface area contributed by atoms with Crippen molar-refractivity contribution in [1.82, 2.24) is 4.98 Å². The van der Waals surface area contributed by atoms with Gasteiger partial charge in [0.1, 0.15) is 4.91 Å². The fraction of sp³-hybridized carbons (Fsp3) is 0. The number of thioether (sulfide) groups is 1. The SMILES string of the molecule is O=C(O)C=C(Sc1cccc2cccnc12)C(=O)O. The first-order valence-electron chi connectivity index (χ1n) is 5.27. The van der Waals surface area contributed by atoms with Crippen molar-refractivity contribution in [3.63, 3.8) is 0 Å². The molecule has 0 saturated carbocycles. The number of para-hydroxylation sites is 1. The molecule has 0 saturated heterocycles. The van der Waals surface area contributed by atoms with E-state index in [1.54, 1.807) is 24.4 Å². The average Bonchev–Trinajstić information content (AvgIpc) is 2.37. The lowest BCUT2D eigenvalue weighted by atomic mass is 10.2. The Balaban J connectivity index is 2.45. The lowest BCUT2D eigenvalue weighted by molar-refractivity contribution is -0.134. The van der Waals surface area contributed by atoms with E-state index in [2.05, 4.69) is 4.98 Å². The van der Waals surface area contributed by atoms with E-state index in [1.165, 1.54) is 0 Å². The molecule has 0 aliphatic carbocycles. The second-order valence-electron chi connectivity index (χ2n) is 3.59. The minimum Gasteiger partial charge on any atom is -0.478 e. The number of nitrogens with zero attached hydrogens (tertiary/aromatic N) is 1. The van der Waals surface area contributed by atoms with Gasteiger partial charge in [-0.3, -0.25) is 4.98 Å². The Morgan fingerprint density at radius 1 is 1.16 bits per heavy atom. The molecule has 0 atom stereocenters. The van der Waals surface area contributed by atoms with Gasteiger partial charge in [0.05, 0.1) is 5.52 Å². The Hall–Kier alpha value is -2.34.